The second-order valence-electron chi connectivity index (χ2n) is 7.09. The van der Waals surface area contributed by atoms with Crippen molar-refractivity contribution in [2.45, 2.75) is 19.4 Å². The quantitative estimate of drug-likeness (QED) is 0.439. The fourth-order valence-corrected chi connectivity index (χ4v) is 3.68. The molecule has 0 saturated heterocycles. The minimum atomic E-state index is -0.371. The highest BCUT2D eigenvalue weighted by atomic mass is 16.1. The Morgan fingerprint density at radius 1 is 0.929 bits per heavy atom. The normalized spacial score (nSPS) is 12.2. The van der Waals surface area contributed by atoms with Gasteiger partial charge in [-0.05, 0) is 36.1 Å². The lowest BCUT2D eigenvalue weighted by atomic mass is 9.96. The summed E-state index contributed by atoms with van der Waals surface area (Å²) in [5.74, 6) is 0.0911. The predicted molar refractivity (Wildman–Crippen MR) is 115 cm³/mol. The molecule has 3 nitrogen and oxygen atoms in total. The first kappa shape index (κ1) is 18.2. The van der Waals surface area contributed by atoms with E-state index in [2.05, 4.69) is 41.5 Å². The average molecular weight is 368 g/mol. The molecule has 1 aromatic heterocycles. The molecule has 0 bridgehead atoms. The summed E-state index contributed by atoms with van der Waals surface area (Å²) in [6, 6.07) is 25.9. The van der Waals surface area contributed by atoms with Crippen molar-refractivity contribution in [1.29, 1.82) is 0 Å². The van der Waals surface area contributed by atoms with Crippen molar-refractivity contribution in [2.24, 2.45) is 0 Å². The van der Waals surface area contributed by atoms with E-state index in [0.717, 1.165) is 35.0 Å². The summed E-state index contributed by atoms with van der Waals surface area (Å²) in [7, 11) is 0. The van der Waals surface area contributed by atoms with E-state index in [9.17, 15) is 4.79 Å². The Balaban J connectivity index is 1.59. The zero-order valence-corrected chi connectivity index (χ0v) is 16.0. The van der Waals surface area contributed by atoms with E-state index in [1.54, 1.807) is 0 Å². The van der Waals surface area contributed by atoms with Gasteiger partial charge in [-0.3, -0.25) is 4.79 Å². The molecule has 0 aliphatic heterocycles. The van der Waals surface area contributed by atoms with Crippen molar-refractivity contribution < 1.29 is 4.79 Å². The van der Waals surface area contributed by atoms with Crippen LogP contribution in [-0.2, 0) is 6.42 Å². The van der Waals surface area contributed by atoms with Gasteiger partial charge >= 0.3 is 0 Å². The molecule has 1 heterocycles. The molecule has 0 radical (unpaired) electrons. The molecule has 1 atom stereocenters. The van der Waals surface area contributed by atoms with Gasteiger partial charge in [0.1, 0.15) is 0 Å². The van der Waals surface area contributed by atoms with Crippen LogP contribution in [0.3, 0.4) is 0 Å². The number of carbonyl (C=O) groups excluding carboxylic acids is 1. The number of nitrogens with one attached hydrogen (secondary N) is 2. The van der Waals surface area contributed by atoms with Crippen molar-refractivity contribution >= 4 is 16.7 Å². The number of para-hydroxylation sites is 1. The molecule has 0 aliphatic carbocycles. The third kappa shape index (κ3) is 3.75. The number of aromatic amines is 1. The molecule has 3 aromatic carbocycles. The van der Waals surface area contributed by atoms with Gasteiger partial charge in [0.2, 0.25) is 0 Å². The molecule has 0 unspecified atom stereocenters. The van der Waals surface area contributed by atoms with E-state index < -0.39 is 0 Å². The van der Waals surface area contributed by atoms with Crippen LogP contribution in [0.1, 0.15) is 33.1 Å². The number of carbonyl (C=O) groups is 1. The van der Waals surface area contributed by atoms with E-state index in [1.165, 1.54) is 11.1 Å². The number of ketones is 1. The first-order valence-corrected chi connectivity index (χ1v) is 9.67. The van der Waals surface area contributed by atoms with Crippen LogP contribution >= 0.6 is 0 Å². The minimum Gasteiger partial charge on any atom is -0.360 e. The molecule has 140 valence electrons. The van der Waals surface area contributed by atoms with Crippen molar-refractivity contribution in [2.75, 3.05) is 6.54 Å². The van der Waals surface area contributed by atoms with E-state index >= 15 is 0 Å². The number of rotatable bonds is 7. The smallest absolute Gasteiger partial charge is 0.186 e. The Morgan fingerprint density at radius 2 is 1.64 bits per heavy atom. The lowest BCUT2D eigenvalue weighted by Gasteiger charge is -2.18. The molecular formula is C25H24N2O. The Morgan fingerprint density at radius 3 is 2.46 bits per heavy atom. The van der Waals surface area contributed by atoms with Gasteiger partial charge in [0.15, 0.2) is 5.78 Å². The maximum absolute atomic E-state index is 13.4. The third-order valence-electron chi connectivity index (χ3n) is 5.25. The fraction of sp³-hybridized carbons (Fsp3) is 0.160. The molecule has 0 aliphatic rings. The summed E-state index contributed by atoms with van der Waals surface area (Å²) in [6.45, 7) is 2.86. The zero-order valence-electron chi connectivity index (χ0n) is 16.0. The summed E-state index contributed by atoms with van der Waals surface area (Å²) in [4.78, 5) is 16.7. The first-order chi connectivity index (χ1) is 13.7. The highest BCUT2D eigenvalue weighted by Crippen LogP contribution is 2.24. The summed E-state index contributed by atoms with van der Waals surface area (Å²) in [5.41, 5.74) is 5.29. The summed E-state index contributed by atoms with van der Waals surface area (Å²) < 4.78 is 0. The topological polar surface area (TPSA) is 44.9 Å². The van der Waals surface area contributed by atoms with Gasteiger partial charge in [-0.2, -0.15) is 0 Å². The van der Waals surface area contributed by atoms with Gasteiger partial charge in [0, 0.05) is 29.2 Å². The first-order valence-electron chi connectivity index (χ1n) is 9.67. The maximum Gasteiger partial charge on any atom is 0.186 e. The summed E-state index contributed by atoms with van der Waals surface area (Å²) >= 11 is 0. The molecule has 0 fully saturated rings. The van der Waals surface area contributed by atoms with Crippen molar-refractivity contribution in [3.8, 4) is 0 Å². The number of aryl methyl sites for hydroxylation is 1. The van der Waals surface area contributed by atoms with Crippen molar-refractivity contribution in [1.82, 2.24) is 10.3 Å². The molecule has 0 saturated carbocycles. The molecule has 4 aromatic rings. The predicted octanol–water partition coefficient (Wildman–Crippen LogP) is 5.23. The van der Waals surface area contributed by atoms with Crippen LogP contribution in [0.2, 0.25) is 0 Å². The minimum absolute atomic E-state index is 0.0911. The van der Waals surface area contributed by atoms with Crippen LogP contribution < -0.4 is 5.32 Å². The van der Waals surface area contributed by atoms with Crippen LogP contribution in [0.4, 0.5) is 0 Å². The second-order valence-corrected chi connectivity index (χ2v) is 7.09. The highest BCUT2D eigenvalue weighted by molar-refractivity contribution is 6.10. The van der Waals surface area contributed by atoms with Crippen LogP contribution in [0.15, 0.2) is 85.1 Å². The molecule has 0 spiro atoms. The lowest BCUT2D eigenvalue weighted by Crippen LogP contribution is -2.30. The summed E-state index contributed by atoms with van der Waals surface area (Å²) in [5, 5.41) is 4.47. The van der Waals surface area contributed by atoms with Crippen molar-refractivity contribution in [3.05, 3.63) is 107 Å². The monoisotopic (exact) mass is 368 g/mol. The van der Waals surface area contributed by atoms with Crippen LogP contribution in [0.25, 0.3) is 10.9 Å². The second kappa shape index (κ2) is 8.24. The van der Waals surface area contributed by atoms with Gasteiger partial charge in [0.05, 0.1) is 6.04 Å². The Bertz CT molecular complexity index is 1080. The number of fused-ring (bicyclic) bond motifs is 1. The Kier molecular flexibility index (Phi) is 5.36. The lowest BCUT2D eigenvalue weighted by molar-refractivity contribution is 0.0945. The zero-order chi connectivity index (χ0) is 19.3. The molecule has 28 heavy (non-hydrogen) atoms. The molecule has 0 amide bonds. The van der Waals surface area contributed by atoms with E-state index in [4.69, 9.17) is 0 Å². The Hall–Kier alpha value is -3.17. The van der Waals surface area contributed by atoms with Gasteiger partial charge in [-0.15, -0.1) is 0 Å². The van der Waals surface area contributed by atoms with Gasteiger partial charge < -0.3 is 10.3 Å². The molecule has 4 rings (SSSR count). The number of hydrogen-bond donors (Lipinski definition) is 2. The third-order valence-corrected chi connectivity index (χ3v) is 5.25. The van der Waals surface area contributed by atoms with Crippen molar-refractivity contribution in [3.63, 3.8) is 0 Å². The van der Waals surface area contributed by atoms with Gasteiger partial charge in [-0.25, -0.2) is 0 Å². The maximum atomic E-state index is 13.4. The molecular weight excluding hydrogens is 344 g/mol. The fourth-order valence-electron chi connectivity index (χ4n) is 3.68. The average Bonchev–Trinajstić information content (AvgIpc) is 3.17. The van der Waals surface area contributed by atoms with E-state index in [-0.39, 0.29) is 11.8 Å². The number of Topliss-reactive ketones (excluding diaryl/α,β-unsaturated/α-hetero) is 1. The van der Waals surface area contributed by atoms with E-state index in [1.807, 2.05) is 60.8 Å². The van der Waals surface area contributed by atoms with Crippen LogP contribution in [-0.4, -0.2) is 17.3 Å². The standard InChI is InChI=1S/C25H24N2O/c1-18-9-5-6-10-19(18)15-16-26-24(20-11-3-2-4-12-20)25(28)22-17-27-23-14-8-7-13-21(22)23/h2-14,17,24,26-27H,15-16H2,1H3/t24-/m1/s1. The van der Waals surface area contributed by atoms with Crippen LogP contribution in [0.5, 0.6) is 0 Å². The number of hydrogen-bond acceptors (Lipinski definition) is 2. The number of benzene rings is 3. The number of aromatic nitrogens is 1. The van der Waals surface area contributed by atoms with Gasteiger partial charge in [0.25, 0.3) is 0 Å². The largest absolute Gasteiger partial charge is 0.360 e. The molecule has 2 N–H and O–H groups in total. The Labute approximate surface area is 165 Å². The van der Waals surface area contributed by atoms with E-state index in [0.29, 0.717) is 0 Å². The number of H-pyrrole nitrogens is 1. The SMILES string of the molecule is Cc1ccccc1CCN[C@@H](C(=O)c1c[nH]c2ccccc12)c1ccccc1. The summed E-state index contributed by atoms with van der Waals surface area (Å²) in [6.07, 6.45) is 2.71. The molecule has 3 heteroatoms. The van der Waals surface area contributed by atoms with Crippen LogP contribution in [0, 0.1) is 6.92 Å². The highest BCUT2D eigenvalue weighted by Gasteiger charge is 2.23. The van der Waals surface area contributed by atoms with Gasteiger partial charge in [-0.1, -0.05) is 72.8 Å².